The number of benzene rings is 1. The molecular formula is C13H15BrFNO3. The number of halogens is 2. The molecule has 0 saturated heterocycles. The van der Waals surface area contributed by atoms with E-state index in [0.29, 0.717) is 0 Å². The molecule has 0 fully saturated rings. The van der Waals surface area contributed by atoms with Crippen LogP contribution in [0.25, 0.3) is 0 Å². The van der Waals surface area contributed by atoms with E-state index in [1.807, 2.05) is 0 Å². The van der Waals surface area contributed by atoms with Crippen molar-refractivity contribution in [2.75, 3.05) is 0 Å². The lowest BCUT2D eigenvalue weighted by Crippen LogP contribution is -2.49. The SMILES string of the molecule is CC(C)(C)[C@@H](NC(=O)c1ccc(F)c(Br)c1)C(=O)O. The summed E-state index contributed by atoms with van der Waals surface area (Å²) in [5.74, 6) is -2.15. The fraction of sp³-hybridized carbons (Fsp3) is 0.385. The van der Waals surface area contributed by atoms with Gasteiger partial charge in [0.25, 0.3) is 5.91 Å². The van der Waals surface area contributed by atoms with Crippen LogP contribution in [0.2, 0.25) is 0 Å². The Morgan fingerprint density at radius 3 is 2.37 bits per heavy atom. The normalized spacial score (nSPS) is 12.9. The first-order valence-corrected chi connectivity index (χ1v) is 6.41. The number of carboxylic acids is 1. The number of amides is 1. The molecule has 2 N–H and O–H groups in total. The van der Waals surface area contributed by atoms with Gasteiger partial charge < -0.3 is 10.4 Å². The Bertz CT molecular complexity index is 511. The van der Waals surface area contributed by atoms with Crippen molar-refractivity contribution in [1.82, 2.24) is 5.32 Å². The second-order valence-electron chi connectivity index (χ2n) is 5.24. The molecule has 1 amide bonds. The molecule has 1 atom stereocenters. The zero-order chi connectivity index (χ0) is 14.8. The third-order valence-corrected chi connectivity index (χ3v) is 3.18. The van der Waals surface area contributed by atoms with Gasteiger partial charge in [0, 0.05) is 5.56 Å². The van der Waals surface area contributed by atoms with Crippen molar-refractivity contribution in [1.29, 1.82) is 0 Å². The number of carboxylic acid groups (broad SMARTS) is 1. The van der Waals surface area contributed by atoms with Crippen molar-refractivity contribution in [2.45, 2.75) is 26.8 Å². The molecule has 6 heteroatoms. The summed E-state index contributed by atoms with van der Waals surface area (Å²) in [6, 6.07) is 2.73. The highest BCUT2D eigenvalue weighted by Crippen LogP contribution is 2.21. The highest BCUT2D eigenvalue weighted by atomic mass is 79.9. The first-order chi connectivity index (χ1) is 8.62. The Morgan fingerprint density at radius 1 is 1.37 bits per heavy atom. The van der Waals surface area contributed by atoms with Gasteiger partial charge in [-0.2, -0.15) is 0 Å². The minimum Gasteiger partial charge on any atom is -0.480 e. The van der Waals surface area contributed by atoms with Crippen LogP contribution in [0.15, 0.2) is 22.7 Å². The molecule has 0 aromatic heterocycles. The molecule has 0 radical (unpaired) electrons. The van der Waals surface area contributed by atoms with Crippen molar-refractivity contribution in [3.05, 3.63) is 34.1 Å². The quantitative estimate of drug-likeness (QED) is 0.894. The summed E-state index contributed by atoms with van der Waals surface area (Å²) >= 11 is 2.98. The fourth-order valence-electron chi connectivity index (χ4n) is 1.50. The maximum atomic E-state index is 13.1. The first kappa shape index (κ1) is 15.6. The van der Waals surface area contributed by atoms with E-state index in [9.17, 15) is 14.0 Å². The third kappa shape index (κ3) is 4.02. The van der Waals surface area contributed by atoms with Crippen LogP contribution in [0.5, 0.6) is 0 Å². The van der Waals surface area contributed by atoms with Crippen molar-refractivity contribution >= 4 is 27.8 Å². The average Bonchev–Trinajstić information content (AvgIpc) is 2.27. The van der Waals surface area contributed by atoms with Gasteiger partial charge in [-0.1, -0.05) is 20.8 Å². The zero-order valence-electron chi connectivity index (χ0n) is 10.8. The highest BCUT2D eigenvalue weighted by Gasteiger charge is 2.32. The van der Waals surface area contributed by atoms with Crippen LogP contribution in [-0.4, -0.2) is 23.0 Å². The van der Waals surface area contributed by atoms with E-state index in [4.69, 9.17) is 5.11 Å². The maximum Gasteiger partial charge on any atom is 0.326 e. The van der Waals surface area contributed by atoms with Gasteiger partial charge in [-0.25, -0.2) is 9.18 Å². The average molecular weight is 332 g/mol. The molecule has 0 heterocycles. The smallest absolute Gasteiger partial charge is 0.326 e. The van der Waals surface area contributed by atoms with Crippen molar-refractivity contribution < 1.29 is 19.1 Å². The van der Waals surface area contributed by atoms with Gasteiger partial charge in [0.1, 0.15) is 11.9 Å². The first-order valence-electron chi connectivity index (χ1n) is 5.61. The molecule has 0 bridgehead atoms. The van der Waals surface area contributed by atoms with E-state index in [-0.39, 0.29) is 10.0 Å². The molecule has 0 saturated carbocycles. The number of nitrogens with one attached hydrogen (secondary N) is 1. The van der Waals surface area contributed by atoms with Gasteiger partial charge >= 0.3 is 5.97 Å². The number of hydrogen-bond acceptors (Lipinski definition) is 2. The number of hydrogen-bond donors (Lipinski definition) is 2. The maximum absolute atomic E-state index is 13.1. The lowest BCUT2D eigenvalue weighted by molar-refractivity contribution is -0.142. The standard InChI is InChI=1S/C13H15BrFNO3/c1-13(2,3)10(12(18)19)16-11(17)7-4-5-9(15)8(14)6-7/h4-6,10H,1-3H3,(H,16,17)(H,18,19)/t10-/m0/s1. The minimum absolute atomic E-state index is 0.155. The summed E-state index contributed by atoms with van der Waals surface area (Å²) < 4.78 is 13.2. The summed E-state index contributed by atoms with van der Waals surface area (Å²) in [7, 11) is 0. The largest absolute Gasteiger partial charge is 0.480 e. The Hall–Kier alpha value is -1.43. The molecular weight excluding hydrogens is 317 g/mol. The van der Waals surface area contributed by atoms with E-state index in [0.717, 1.165) is 6.07 Å². The predicted octanol–water partition coefficient (Wildman–Crippen LogP) is 2.82. The van der Waals surface area contributed by atoms with E-state index in [1.165, 1.54) is 12.1 Å². The van der Waals surface area contributed by atoms with Crippen LogP contribution in [0.1, 0.15) is 31.1 Å². The van der Waals surface area contributed by atoms with Gasteiger partial charge in [0.15, 0.2) is 0 Å². The Labute approximate surface area is 119 Å². The summed E-state index contributed by atoms with van der Waals surface area (Å²) in [5.41, 5.74) is -0.428. The summed E-state index contributed by atoms with van der Waals surface area (Å²) in [4.78, 5) is 23.1. The van der Waals surface area contributed by atoms with Crippen molar-refractivity contribution in [3.8, 4) is 0 Å². The number of carbonyl (C=O) groups is 2. The van der Waals surface area contributed by atoms with Gasteiger partial charge in [-0.15, -0.1) is 0 Å². The molecule has 104 valence electrons. The molecule has 4 nitrogen and oxygen atoms in total. The van der Waals surface area contributed by atoms with Crippen LogP contribution in [0.4, 0.5) is 4.39 Å². The number of carbonyl (C=O) groups excluding carboxylic acids is 1. The minimum atomic E-state index is -1.11. The zero-order valence-corrected chi connectivity index (χ0v) is 12.4. The highest BCUT2D eigenvalue weighted by molar-refractivity contribution is 9.10. The molecule has 0 aliphatic carbocycles. The van der Waals surface area contributed by atoms with Crippen LogP contribution in [0, 0.1) is 11.2 Å². The van der Waals surface area contributed by atoms with Gasteiger partial charge in [0.05, 0.1) is 4.47 Å². The Balaban J connectivity index is 2.94. The molecule has 1 aromatic carbocycles. The lowest BCUT2D eigenvalue weighted by Gasteiger charge is -2.27. The second-order valence-corrected chi connectivity index (χ2v) is 6.09. The van der Waals surface area contributed by atoms with E-state index in [1.54, 1.807) is 20.8 Å². The van der Waals surface area contributed by atoms with E-state index < -0.39 is 29.2 Å². The fourth-order valence-corrected chi connectivity index (χ4v) is 1.88. The topological polar surface area (TPSA) is 66.4 Å². The van der Waals surface area contributed by atoms with Crippen molar-refractivity contribution in [2.24, 2.45) is 5.41 Å². The Kier molecular flexibility index (Phi) is 4.68. The van der Waals surface area contributed by atoms with Gasteiger partial charge in [0.2, 0.25) is 0 Å². The monoisotopic (exact) mass is 331 g/mol. The van der Waals surface area contributed by atoms with Crippen LogP contribution < -0.4 is 5.32 Å². The van der Waals surface area contributed by atoms with E-state index in [2.05, 4.69) is 21.2 Å². The van der Waals surface area contributed by atoms with E-state index >= 15 is 0 Å². The molecule has 1 rings (SSSR count). The molecule has 0 spiro atoms. The molecule has 0 unspecified atom stereocenters. The molecule has 0 aliphatic heterocycles. The third-order valence-electron chi connectivity index (χ3n) is 2.57. The predicted molar refractivity (Wildman–Crippen MR) is 72.4 cm³/mol. The number of rotatable bonds is 3. The lowest BCUT2D eigenvalue weighted by atomic mass is 9.86. The second kappa shape index (κ2) is 5.69. The summed E-state index contributed by atoms with van der Waals surface area (Å²) in [6.45, 7) is 5.14. The van der Waals surface area contributed by atoms with Gasteiger partial charge in [-0.3, -0.25) is 4.79 Å². The summed E-state index contributed by atoms with van der Waals surface area (Å²) in [6.07, 6.45) is 0. The number of aliphatic carboxylic acids is 1. The molecule has 0 aliphatic rings. The van der Waals surface area contributed by atoms with Gasteiger partial charge in [-0.05, 0) is 39.5 Å². The van der Waals surface area contributed by atoms with Crippen LogP contribution >= 0.6 is 15.9 Å². The van der Waals surface area contributed by atoms with Crippen molar-refractivity contribution in [3.63, 3.8) is 0 Å². The van der Waals surface area contributed by atoms with Crippen LogP contribution in [0.3, 0.4) is 0 Å². The summed E-state index contributed by atoms with van der Waals surface area (Å²) in [5, 5.41) is 11.6. The molecule has 1 aromatic rings. The van der Waals surface area contributed by atoms with Crippen LogP contribution in [-0.2, 0) is 4.79 Å². The Morgan fingerprint density at radius 2 is 1.95 bits per heavy atom. The molecule has 19 heavy (non-hydrogen) atoms.